The number of hydrogen-bond donors (Lipinski definition) is 1. The van der Waals surface area contributed by atoms with Crippen LogP contribution in [0.2, 0.25) is 0 Å². The molecule has 0 aromatic carbocycles. The van der Waals surface area contributed by atoms with E-state index in [1.807, 2.05) is 0 Å². The molecule has 1 aliphatic rings. The molecule has 21 heavy (non-hydrogen) atoms. The summed E-state index contributed by atoms with van der Waals surface area (Å²) in [6.07, 6.45) is 7.14. The summed E-state index contributed by atoms with van der Waals surface area (Å²) in [4.78, 5) is 10.3. The first-order valence-corrected chi connectivity index (χ1v) is 8.68. The fourth-order valence-electron chi connectivity index (χ4n) is 3.63. The van der Waals surface area contributed by atoms with Crippen LogP contribution in [0.4, 0.5) is 0 Å². The van der Waals surface area contributed by atoms with Crippen LogP contribution in [0, 0.1) is 28.6 Å². The Morgan fingerprint density at radius 3 is 2.57 bits per heavy atom. The summed E-state index contributed by atoms with van der Waals surface area (Å²) in [5.41, 5.74) is 9.13. The molecule has 0 aromatic heterocycles. The van der Waals surface area contributed by atoms with E-state index in [1.54, 1.807) is 11.1 Å². The lowest BCUT2D eigenvalue weighted by Gasteiger charge is -2.21. The highest BCUT2D eigenvalue weighted by molar-refractivity contribution is 5.20. The molecule has 0 amide bonds. The first kappa shape index (κ1) is 18.3. The summed E-state index contributed by atoms with van der Waals surface area (Å²) >= 11 is 0. The van der Waals surface area contributed by atoms with Crippen molar-refractivity contribution in [2.45, 2.75) is 66.2 Å². The van der Waals surface area contributed by atoms with Gasteiger partial charge in [-0.2, -0.15) is 4.91 Å². The van der Waals surface area contributed by atoms with Crippen LogP contribution in [-0.4, -0.2) is 13.1 Å². The third kappa shape index (κ3) is 5.90. The molecule has 1 rings (SSSR count). The molecule has 0 fully saturated rings. The van der Waals surface area contributed by atoms with Crippen LogP contribution in [0.1, 0.15) is 66.2 Å². The highest BCUT2D eigenvalue weighted by Gasteiger charge is 2.25. The van der Waals surface area contributed by atoms with Gasteiger partial charge < -0.3 is 5.73 Å². The lowest BCUT2D eigenvalue weighted by Crippen LogP contribution is -2.16. The van der Waals surface area contributed by atoms with Gasteiger partial charge in [-0.1, -0.05) is 43.5 Å². The summed E-state index contributed by atoms with van der Waals surface area (Å²) in [6.45, 7) is 10.4. The van der Waals surface area contributed by atoms with Crippen molar-refractivity contribution < 1.29 is 0 Å². The monoisotopic (exact) mass is 294 g/mol. The Morgan fingerprint density at radius 2 is 2.00 bits per heavy atom. The molecular weight excluding hydrogens is 260 g/mol. The van der Waals surface area contributed by atoms with Crippen LogP contribution in [0.3, 0.4) is 0 Å². The quantitative estimate of drug-likeness (QED) is 0.460. The minimum Gasteiger partial charge on any atom is -0.330 e. The number of rotatable bonds is 10. The van der Waals surface area contributed by atoms with E-state index in [4.69, 9.17) is 5.73 Å². The zero-order chi connectivity index (χ0) is 15.8. The third-order valence-corrected chi connectivity index (χ3v) is 5.53. The zero-order valence-corrected chi connectivity index (χ0v) is 14.4. The number of allylic oxidation sites excluding steroid dienone is 2. The molecule has 4 unspecified atom stereocenters. The zero-order valence-electron chi connectivity index (χ0n) is 14.4. The van der Waals surface area contributed by atoms with Crippen LogP contribution < -0.4 is 5.73 Å². The number of nitroso groups, excluding NO2 is 1. The Hall–Kier alpha value is -0.700. The maximum absolute atomic E-state index is 10.3. The second-order valence-electron chi connectivity index (χ2n) is 7.20. The van der Waals surface area contributed by atoms with E-state index in [0.29, 0.717) is 24.3 Å². The molecule has 0 radical (unpaired) electrons. The van der Waals surface area contributed by atoms with Crippen LogP contribution >= 0.6 is 0 Å². The molecule has 0 heterocycles. The fourth-order valence-corrected chi connectivity index (χ4v) is 3.63. The van der Waals surface area contributed by atoms with Crippen molar-refractivity contribution in [1.82, 2.24) is 0 Å². The minimum absolute atomic E-state index is 0.459. The van der Waals surface area contributed by atoms with Gasteiger partial charge in [0, 0.05) is 0 Å². The van der Waals surface area contributed by atoms with Crippen molar-refractivity contribution >= 4 is 0 Å². The second kappa shape index (κ2) is 9.34. The van der Waals surface area contributed by atoms with Crippen LogP contribution in [-0.2, 0) is 0 Å². The van der Waals surface area contributed by atoms with E-state index in [-0.39, 0.29) is 0 Å². The highest BCUT2D eigenvalue weighted by atomic mass is 16.3. The van der Waals surface area contributed by atoms with Crippen LogP contribution in [0.25, 0.3) is 0 Å². The van der Waals surface area contributed by atoms with Crippen molar-refractivity contribution in [2.75, 3.05) is 13.1 Å². The Balaban J connectivity index is 2.45. The molecule has 0 spiro atoms. The fraction of sp³-hybridized carbons (Fsp3) is 0.889. The van der Waals surface area contributed by atoms with E-state index in [9.17, 15) is 4.91 Å². The summed E-state index contributed by atoms with van der Waals surface area (Å²) in [6, 6.07) is 0. The lowest BCUT2D eigenvalue weighted by molar-refractivity contribution is 0.351. The van der Waals surface area contributed by atoms with Gasteiger partial charge in [-0.25, -0.2) is 0 Å². The Labute approximate surface area is 130 Å². The summed E-state index contributed by atoms with van der Waals surface area (Å²) < 4.78 is 0. The normalized spacial score (nSPS) is 23.2. The molecule has 0 saturated heterocycles. The first-order chi connectivity index (χ1) is 10.0. The first-order valence-electron chi connectivity index (χ1n) is 8.68. The van der Waals surface area contributed by atoms with Gasteiger partial charge >= 0.3 is 0 Å². The lowest BCUT2D eigenvalue weighted by atomic mass is 9.85. The van der Waals surface area contributed by atoms with E-state index >= 15 is 0 Å². The molecule has 0 aliphatic heterocycles. The molecular formula is C18H34N2O. The SMILES string of the molecule is CCC(CN)CC1CC(C)=C(CC(C)C(C)CCN=O)C1. The maximum atomic E-state index is 10.3. The van der Waals surface area contributed by atoms with E-state index in [1.165, 1.54) is 32.1 Å². The molecule has 0 saturated carbocycles. The van der Waals surface area contributed by atoms with E-state index in [0.717, 1.165) is 18.9 Å². The molecule has 4 atom stereocenters. The molecule has 3 heteroatoms. The Bertz CT molecular complexity index is 347. The second-order valence-corrected chi connectivity index (χ2v) is 7.20. The van der Waals surface area contributed by atoms with Crippen molar-refractivity contribution in [3.05, 3.63) is 16.1 Å². The standard InChI is InChI=1S/C18H34N2O/c1-5-16(12-19)10-17-8-15(4)18(11-17)9-14(3)13(2)6-7-20-21/h13-14,16-17H,5-12,19H2,1-4H3. The van der Waals surface area contributed by atoms with Crippen LogP contribution in [0.15, 0.2) is 16.3 Å². The molecule has 3 nitrogen and oxygen atoms in total. The predicted molar refractivity (Wildman–Crippen MR) is 91.1 cm³/mol. The van der Waals surface area contributed by atoms with Gasteiger partial charge in [-0.05, 0) is 69.2 Å². The van der Waals surface area contributed by atoms with Gasteiger partial charge in [0.1, 0.15) is 0 Å². The van der Waals surface area contributed by atoms with E-state index in [2.05, 4.69) is 32.9 Å². The summed E-state index contributed by atoms with van der Waals surface area (Å²) in [5.74, 6) is 2.73. The number of nitrogens with zero attached hydrogens (tertiary/aromatic N) is 1. The smallest absolute Gasteiger partial charge is 0.0813 e. The third-order valence-electron chi connectivity index (χ3n) is 5.53. The van der Waals surface area contributed by atoms with Crippen molar-refractivity contribution in [3.63, 3.8) is 0 Å². The minimum atomic E-state index is 0.459. The van der Waals surface area contributed by atoms with Gasteiger partial charge in [0.15, 0.2) is 0 Å². The van der Waals surface area contributed by atoms with Crippen molar-refractivity contribution in [2.24, 2.45) is 34.6 Å². The van der Waals surface area contributed by atoms with Gasteiger partial charge in [0.2, 0.25) is 0 Å². The number of nitrogens with two attached hydrogens (primary N) is 1. The highest BCUT2D eigenvalue weighted by Crippen LogP contribution is 2.39. The Morgan fingerprint density at radius 1 is 1.29 bits per heavy atom. The van der Waals surface area contributed by atoms with Gasteiger partial charge in [-0.3, -0.25) is 0 Å². The molecule has 0 aromatic rings. The molecule has 2 N–H and O–H groups in total. The average molecular weight is 294 g/mol. The van der Waals surface area contributed by atoms with Gasteiger partial charge in [-0.15, -0.1) is 0 Å². The van der Waals surface area contributed by atoms with Gasteiger partial charge in [0.25, 0.3) is 0 Å². The largest absolute Gasteiger partial charge is 0.330 e. The Kier molecular flexibility index (Phi) is 8.16. The average Bonchev–Trinajstić information content (AvgIpc) is 2.81. The van der Waals surface area contributed by atoms with Crippen molar-refractivity contribution in [3.8, 4) is 0 Å². The molecule has 0 bridgehead atoms. The summed E-state index contributed by atoms with van der Waals surface area (Å²) in [7, 11) is 0. The van der Waals surface area contributed by atoms with Crippen molar-refractivity contribution in [1.29, 1.82) is 0 Å². The summed E-state index contributed by atoms with van der Waals surface area (Å²) in [5, 5.41) is 2.99. The maximum Gasteiger partial charge on any atom is 0.0813 e. The van der Waals surface area contributed by atoms with E-state index < -0.39 is 0 Å². The molecule has 1 aliphatic carbocycles. The predicted octanol–water partition coefficient (Wildman–Crippen LogP) is 4.91. The molecule has 122 valence electrons. The number of hydrogen-bond acceptors (Lipinski definition) is 3. The van der Waals surface area contributed by atoms with Gasteiger partial charge in [0.05, 0.1) is 6.54 Å². The topological polar surface area (TPSA) is 55.4 Å². The van der Waals surface area contributed by atoms with Crippen LogP contribution in [0.5, 0.6) is 0 Å².